The van der Waals surface area contributed by atoms with Crippen molar-refractivity contribution in [2.24, 2.45) is 0 Å². The molecule has 1 nitrogen and oxygen atoms in total. The quantitative estimate of drug-likeness (QED) is 0.703. The summed E-state index contributed by atoms with van der Waals surface area (Å²) < 4.78 is 5.72. The van der Waals surface area contributed by atoms with Crippen LogP contribution in [0.2, 0.25) is 10.0 Å². The molecular formula is C16H16Cl2O. The van der Waals surface area contributed by atoms with E-state index in [1.807, 2.05) is 30.3 Å². The topological polar surface area (TPSA) is 9.23 Å². The highest BCUT2D eigenvalue weighted by atomic mass is 35.5. The van der Waals surface area contributed by atoms with Crippen LogP contribution in [0.5, 0.6) is 5.75 Å². The number of hydrogen-bond donors (Lipinski definition) is 0. The first kappa shape index (κ1) is 14.2. The first-order valence-electron chi connectivity index (χ1n) is 6.23. The minimum Gasteiger partial charge on any atom is -0.489 e. The minimum atomic E-state index is 0.375. The molecule has 2 aromatic carbocycles. The molecular weight excluding hydrogens is 279 g/mol. The second-order valence-electron chi connectivity index (χ2n) is 4.71. The van der Waals surface area contributed by atoms with E-state index in [9.17, 15) is 0 Å². The summed E-state index contributed by atoms with van der Waals surface area (Å²) in [5, 5.41) is 1.26. The zero-order valence-corrected chi connectivity index (χ0v) is 12.5. The smallest absolute Gasteiger partial charge is 0.119 e. The van der Waals surface area contributed by atoms with Gasteiger partial charge in [-0.15, -0.1) is 0 Å². The number of benzene rings is 2. The number of hydrogen-bond acceptors (Lipinski definition) is 1. The summed E-state index contributed by atoms with van der Waals surface area (Å²) in [5.74, 6) is 1.34. The van der Waals surface area contributed by atoms with Gasteiger partial charge in [-0.05, 0) is 35.7 Å². The van der Waals surface area contributed by atoms with Gasteiger partial charge in [0, 0.05) is 15.6 Å². The van der Waals surface area contributed by atoms with Gasteiger partial charge in [0.1, 0.15) is 12.4 Å². The highest BCUT2D eigenvalue weighted by molar-refractivity contribution is 6.35. The van der Waals surface area contributed by atoms with Crippen molar-refractivity contribution in [2.45, 2.75) is 26.4 Å². The van der Waals surface area contributed by atoms with Gasteiger partial charge < -0.3 is 4.74 Å². The fourth-order valence-corrected chi connectivity index (χ4v) is 2.28. The lowest BCUT2D eigenvalue weighted by atomic mass is 10.0. The van der Waals surface area contributed by atoms with E-state index in [0.29, 0.717) is 22.6 Å². The van der Waals surface area contributed by atoms with Crippen molar-refractivity contribution in [3.05, 3.63) is 63.6 Å². The van der Waals surface area contributed by atoms with Crippen LogP contribution in [0.1, 0.15) is 30.9 Å². The molecule has 2 rings (SSSR count). The van der Waals surface area contributed by atoms with Crippen LogP contribution in [0, 0.1) is 0 Å². The molecule has 0 N–H and O–H groups in total. The second-order valence-corrected chi connectivity index (χ2v) is 5.53. The molecule has 0 saturated carbocycles. The van der Waals surface area contributed by atoms with E-state index >= 15 is 0 Å². The van der Waals surface area contributed by atoms with E-state index in [0.717, 1.165) is 11.3 Å². The maximum absolute atomic E-state index is 6.10. The third-order valence-electron chi connectivity index (χ3n) is 2.99. The van der Waals surface area contributed by atoms with Gasteiger partial charge in [-0.25, -0.2) is 0 Å². The Labute approximate surface area is 124 Å². The summed E-state index contributed by atoms with van der Waals surface area (Å²) in [6.45, 7) is 4.71. The van der Waals surface area contributed by atoms with Crippen molar-refractivity contribution < 1.29 is 4.74 Å². The van der Waals surface area contributed by atoms with E-state index in [2.05, 4.69) is 26.0 Å². The Hall–Kier alpha value is -1.18. The summed E-state index contributed by atoms with van der Waals surface area (Å²) in [4.78, 5) is 0. The molecule has 2 aromatic rings. The van der Waals surface area contributed by atoms with Gasteiger partial charge in [0.2, 0.25) is 0 Å². The predicted molar refractivity (Wildman–Crippen MR) is 81.3 cm³/mol. The molecule has 0 atom stereocenters. The molecule has 100 valence electrons. The molecule has 0 aliphatic rings. The molecule has 0 aromatic heterocycles. The largest absolute Gasteiger partial charge is 0.489 e. The summed E-state index contributed by atoms with van der Waals surface area (Å²) in [6, 6.07) is 13.6. The summed E-state index contributed by atoms with van der Waals surface area (Å²) in [7, 11) is 0. The molecule has 0 radical (unpaired) electrons. The Morgan fingerprint density at radius 1 is 0.947 bits per heavy atom. The molecule has 0 heterocycles. The lowest BCUT2D eigenvalue weighted by Gasteiger charge is -2.11. The van der Waals surface area contributed by atoms with E-state index < -0.39 is 0 Å². The van der Waals surface area contributed by atoms with Crippen LogP contribution in [-0.4, -0.2) is 0 Å². The van der Waals surface area contributed by atoms with Gasteiger partial charge in [0.25, 0.3) is 0 Å². The van der Waals surface area contributed by atoms with Gasteiger partial charge in [-0.2, -0.15) is 0 Å². The molecule has 0 bridgehead atoms. The average molecular weight is 295 g/mol. The van der Waals surface area contributed by atoms with Gasteiger partial charge in [-0.3, -0.25) is 0 Å². The lowest BCUT2D eigenvalue weighted by molar-refractivity contribution is 0.306. The van der Waals surface area contributed by atoms with Crippen LogP contribution in [-0.2, 0) is 6.61 Å². The van der Waals surface area contributed by atoms with Crippen LogP contribution >= 0.6 is 23.2 Å². The molecule has 0 spiro atoms. The Kier molecular flexibility index (Phi) is 4.73. The van der Waals surface area contributed by atoms with Crippen molar-refractivity contribution in [2.75, 3.05) is 0 Å². The fourth-order valence-electron chi connectivity index (χ4n) is 1.77. The third-order valence-corrected chi connectivity index (χ3v) is 3.70. The lowest BCUT2D eigenvalue weighted by Crippen LogP contribution is -1.97. The van der Waals surface area contributed by atoms with Crippen molar-refractivity contribution in [3.8, 4) is 5.75 Å². The van der Waals surface area contributed by atoms with Crippen molar-refractivity contribution >= 4 is 23.2 Å². The van der Waals surface area contributed by atoms with Crippen LogP contribution in [0.4, 0.5) is 0 Å². The highest BCUT2D eigenvalue weighted by Crippen LogP contribution is 2.26. The average Bonchev–Trinajstić information content (AvgIpc) is 2.38. The molecule has 0 unspecified atom stereocenters. The van der Waals surface area contributed by atoms with E-state index in [1.165, 1.54) is 5.56 Å². The molecule has 0 aliphatic heterocycles. The van der Waals surface area contributed by atoms with Crippen molar-refractivity contribution in [1.82, 2.24) is 0 Å². The molecule has 3 heteroatoms. The van der Waals surface area contributed by atoms with Gasteiger partial charge in [-0.1, -0.05) is 55.2 Å². The maximum Gasteiger partial charge on any atom is 0.119 e. The molecule has 0 saturated heterocycles. The van der Waals surface area contributed by atoms with Crippen LogP contribution in [0.3, 0.4) is 0 Å². The molecule has 19 heavy (non-hydrogen) atoms. The first-order valence-corrected chi connectivity index (χ1v) is 6.99. The zero-order valence-electron chi connectivity index (χ0n) is 11.0. The summed E-state index contributed by atoms with van der Waals surface area (Å²) in [6.07, 6.45) is 0. The van der Waals surface area contributed by atoms with Gasteiger partial charge >= 0.3 is 0 Å². The first-order chi connectivity index (χ1) is 9.08. The Morgan fingerprint density at radius 3 is 2.05 bits per heavy atom. The second kappa shape index (κ2) is 6.31. The molecule has 0 fully saturated rings. The van der Waals surface area contributed by atoms with E-state index in [4.69, 9.17) is 27.9 Å². The maximum atomic E-state index is 6.10. The summed E-state index contributed by atoms with van der Waals surface area (Å²) >= 11 is 12.2. The van der Waals surface area contributed by atoms with E-state index in [-0.39, 0.29) is 0 Å². The minimum absolute atomic E-state index is 0.375. The standard InChI is InChI=1S/C16H16Cl2O/c1-11(2)12-6-8-13(9-7-12)19-10-14-15(17)4-3-5-16(14)18/h3-9,11H,10H2,1-2H3. The van der Waals surface area contributed by atoms with Gasteiger partial charge in [0.15, 0.2) is 0 Å². The fraction of sp³-hybridized carbons (Fsp3) is 0.250. The number of ether oxygens (including phenoxy) is 1. The molecule has 0 amide bonds. The van der Waals surface area contributed by atoms with Crippen LogP contribution in [0.15, 0.2) is 42.5 Å². The summed E-state index contributed by atoms with van der Waals surface area (Å²) in [5.41, 5.74) is 2.11. The van der Waals surface area contributed by atoms with E-state index in [1.54, 1.807) is 0 Å². The monoisotopic (exact) mass is 294 g/mol. The Balaban J connectivity index is 2.06. The van der Waals surface area contributed by atoms with Crippen molar-refractivity contribution in [3.63, 3.8) is 0 Å². The normalized spacial score (nSPS) is 10.8. The molecule has 0 aliphatic carbocycles. The predicted octanol–water partition coefficient (Wildman–Crippen LogP) is 5.70. The Bertz CT molecular complexity index is 527. The Morgan fingerprint density at radius 2 is 1.53 bits per heavy atom. The van der Waals surface area contributed by atoms with Crippen LogP contribution in [0.25, 0.3) is 0 Å². The number of halogens is 2. The van der Waals surface area contributed by atoms with Crippen molar-refractivity contribution in [1.29, 1.82) is 0 Å². The zero-order chi connectivity index (χ0) is 13.8. The van der Waals surface area contributed by atoms with Gasteiger partial charge in [0.05, 0.1) is 0 Å². The number of rotatable bonds is 4. The van der Waals surface area contributed by atoms with Crippen LogP contribution < -0.4 is 4.74 Å². The highest BCUT2D eigenvalue weighted by Gasteiger charge is 2.06. The SMILES string of the molecule is CC(C)c1ccc(OCc2c(Cl)cccc2Cl)cc1. The third kappa shape index (κ3) is 3.65.